The SMILES string of the molecule is CCn1c2ccccc2c2cc([C@@H](N)[C@@H](O)C3CC3)ccc21. The molecule has 22 heavy (non-hydrogen) atoms. The largest absolute Gasteiger partial charge is 0.391 e. The molecule has 0 spiro atoms. The second-order valence-electron chi connectivity index (χ2n) is 6.39. The summed E-state index contributed by atoms with van der Waals surface area (Å²) in [6.45, 7) is 3.11. The molecule has 3 N–H and O–H groups in total. The van der Waals surface area contributed by atoms with E-state index in [1.165, 1.54) is 21.8 Å². The standard InChI is InChI=1S/C19H22N2O/c1-2-21-16-6-4-3-5-14(16)15-11-13(9-10-17(15)21)18(20)19(22)12-7-8-12/h3-6,9-12,18-19,22H,2,7-8,20H2,1H3/t18-,19+/m1/s1. The lowest BCUT2D eigenvalue weighted by Gasteiger charge is -2.19. The molecule has 3 nitrogen and oxygen atoms in total. The molecule has 0 bridgehead atoms. The van der Waals surface area contributed by atoms with Crippen molar-refractivity contribution < 1.29 is 5.11 Å². The van der Waals surface area contributed by atoms with Gasteiger partial charge in [0, 0.05) is 28.4 Å². The Balaban J connectivity index is 1.88. The van der Waals surface area contributed by atoms with Crippen molar-refractivity contribution in [1.29, 1.82) is 0 Å². The van der Waals surface area contributed by atoms with Crippen LogP contribution in [0.5, 0.6) is 0 Å². The molecular formula is C19H22N2O. The number of benzene rings is 2. The lowest BCUT2D eigenvalue weighted by atomic mass is 9.97. The third-order valence-electron chi connectivity index (χ3n) is 4.97. The number of aromatic nitrogens is 1. The smallest absolute Gasteiger partial charge is 0.0760 e. The molecule has 1 aromatic heterocycles. The average molecular weight is 294 g/mol. The highest BCUT2D eigenvalue weighted by Gasteiger charge is 2.34. The van der Waals surface area contributed by atoms with Gasteiger partial charge in [-0.3, -0.25) is 0 Å². The zero-order valence-corrected chi connectivity index (χ0v) is 12.9. The van der Waals surface area contributed by atoms with Gasteiger partial charge in [0.05, 0.1) is 12.1 Å². The highest BCUT2D eigenvalue weighted by molar-refractivity contribution is 6.08. The maximum absolute atomic E-state index is 10.3. The number of fused-ring (bicyclic) bond motifs is 3. The van der Waals surface area contributed by atoms with Gasteiger partial charge < -0.3 is 15.4 Å². The highest BCUT2D eigenvalue weighted by Crippen LogP contribution is 2.38. The average Bonchev–Trinajstić information content (AvgIpc) is 3.35. The maximum atomic E-state index is 10.3. The van der Waals surface area contributed by atoms with Crippen LogP contribution in [0.25, 0.3) is 21.8 Å². The maximum Gasteiger partial charge on any atom is 0.0760 e. The van der Waals surface area contributed by atoms with E-state index in [2.05, 4.69) is 54.0 Å². The quantitative estimate of drug-likeness (QED) is 0.772. The van der Waals surface area contributed by atoms with E-state index in [0.717, 1.165) is 24.9 Å². The predicted octanol–water partition coefficient (Wildman–Crippen LogP) is 3.59. The highest BCUT2D eigenvalue weighted by atomic mass is 16.3. The van der Waals surface area contributed by atoms with Crippen LogP contribution < -0.4 is 5.73 Å². The molecule has 1 saturated carbocycles. The third kappa shape index (κ3) is 2.04. The van der Waals surface area contributed by atoms with E-state index < -0.39 is 6.10 Å². The number of nitrogens with two attached hydrogens (primary N) is 1. The summed E-state index contributed by atoms with van der Waals surface area (Å²) < 4.78 is 2.33. The summed E-state index contributed by atoms with van der Waals surface area (Å²) in [4.78, 5) is 0. The van der Waals surface area contributed by atoms with E-state index in [0.29, 0.717) is 5.92 Å². The van der Waals surface area contributed by atoms with Gasteiger partial charge in [0.1, 0.15) is 0 Å². The minimum Gasteiger partial charge on any atom is -0.391 e. The Hall–Kier alpha value is -1.84. The van der Waals surface area contributed by atoms with Crippen LogP contribution in [0.15, 0.2) is 42.5 Å². The molecule has 1 aliphatic rings. The first-order valence-corrected chi connectivity index (χ1v) is 8.15. The molecule has 4 rings (SSSR count). The first kappa shape index (κ1) is 13.8. The van der Waals surface area contributed by atoms with Crippen LogP contribution >= 0.6 is 0 Å². The Kier molecular flexibility index (Phi) is 3.21. The second kappa shape index (κ2) is 5.11. The first-order chi connectivity index (χ1) is 10.7. The van der Waals surface area contributed by atoms with E-state index in [-0.39, 0.29) is 6.04 Å². The number of aliphatic hydroxyl groups is 1. The molecule has 0 radical (unpaired) electrons. The number of aliphatic hydroxyl groups excluding tert-OH is 1. The molecule has 114 valence electrons. The summed E-state index contributed by atoms with van der Waals surface area (Å²) in [6.07, 6.45) is 1.79. The van der Waals surface area contributed by atoms with Crippen molar-refractivity contribution >= 4 is 21.8 Å². The minimum absolute atomic E-state index is 0.291. The van der Waals surface area contributed by atoms with Crippen molar-refractivity contribution in [2.75, 3.05) is 0 Å². The van der Waals surface area contributed by atoms with Crippen LogP contribution in [0, 0.1) is 5.92 Å². The van der Waals surface area contributed by atoms with Crippen molar-refractivity contribution in [3.8, 4) is 0 Å². The van der Waals surface area contributed by atoms with Crippen molar-refractivity contribution in [3.05, 3.63) is 48.0 Å². The Morgan fingerprint density at radius 2 is 1.86 bits per heavy atom. The number of hydrogen-bond acceptors (Lipinski definition) is 2. The number of rotatable bonds is 4. The van der Waals surface area contributed by atoms with Gasteiger partial charge in [-0.2, -0.15) is 0 Å². The van der Waals surface area contributed by atoms with Gasteiger partial charge in [0.25, 0.3) is 0 Å². The Morgan fingerprint density at radius 1 is 1.14 bits per heavy atom. The summed E-state index contributed by atoms with van der Waals surface area (Å²) in [5.74, 6) is 0.391. The summed E-state index contributed by atoms with van der Waals surface area (Å²) in [7, 11) is 0. The first-order valence-electron chi connectivity index (χ1n) is 8.15. The molecule has 0 amide bonds. The zero-order chi connectivity index (χ0) is 15.3. The number of para-hydroxylation sites is 1. The van der Waals surface area contributed by atoms with Crippen molar-refractivity contribution in [1.82, 2.24) is 4.57 Å². The van der Waals surface area contributed by atoms with Gasteiger partial charge in [0.15, 0.2) is 0 Å². The third-order valence-corrected chi connectivity index (χ3v) is 4.97. The topological polar surface area (TPSA) is 51.2 Å². The van der Waals surface area contributed by atoms with Crippen molar-refractivity contribution in [3.63, 3.8) is 0 Å². The molecule has 0 unspecified atom stereocenters. The monoisotopic (exact) mass is 294 g/mol. The summed E-state index contributed by atoms with van der Waals surface area (Å²) in [5.41, 5.74) is 9.82. The fourth-order valence-electron chi connectivity index (χ4n) is 3.55. The van der Waals surface area contributed by atoms with Gasteiger partial charge in [0.2, 0.25) is 0 Å². The molecule has 3 heteroatoms. The minimum atomic E-state index is -0.419. The summed E-state index contributed by atoms with van der Waals surface area (Å²) in [5, 5.41) is 12.8. The number of hydrogen-bond donors (Lipinski definition) is 2. The fourth-order valence-corrected chi connectivity index (χ4v) is 3.55. The lowest BCUT2D eigenvalue weighted by molar-refractivity contribution is 0.122. The molecule has 3 aromatic rings. The molecular weight excluding hydrogens is 272 g/mol. The van der Waals surface area contributed by atoms with E-state index in [9.17, 15) is 5.11 Å². The molecule has 1 fully saturated rings. The van der Waals surface area contributed by atoms with Gasteiger partial charge in [-0.1, -0.05) is 24.3 Å². The van der Waals surface area contributed by atoms with E-state index in [4.69, 9.17) is 5.73 Å². The van der Waals surface area contributed by atoms with E-state index in [1.807, 2.05) is 0 Å². The van der Waals surface area contributed by atoms with Gasteiger partial charge in [-0.25, -0.2) is 0 Å². The summed E-state index contributed by atoms with van der Waals surface area (Å²) >= 11 is 0. The van der Waals surface area contributed by atoms with Crippen LogP contribution in [0.3, 0.4) is 0 Å². The number of aryl methyl sites for hydroxylation is 1. The number of nitrogens with zero attached hydrogens (tertiary/aromatic N) is 1. The van der Waals surface area contributed by atoms with E-state index >= 15 is 0 Å². The van der Waals surface area contributed by atoms with Crippen LogP contribution in [0.1, 0.15) is 31.4 Å². The van der Waals surface area contributed by atoms with Gasteiger partial charge >= 0.3 is 0 Å². The van der Waals surface area contributed by atoms with Crippen molar-refractivity contribution in [2.45, 2.75) is 38.5 Å². The molecule has 0 saturated heterocycles. The van der Waals surface area contributed by atoms with Crippen LogP contribution in [-0.2, 0) is 6.54 Å². The van der Waals surface area contributed by atoms with Crippen LogP contribution in [0.2, 0.25) is 0 Å². The zero-order valence-electron chi connectivity index (χ0n) is 12.9. The second-order valence-corrected chi connectivity index (χ2v) is 6.39. The van der Waals surface area contributed by atoms with Crippen LogP contribution in [0.4, 0.5) is 0 Å². The Labute approximate surface area is 130 Å². The molecule has 1 aliphatic carbocycles. The molecule has 0 aliphatic heterocycles. The normalized spacial score (nSPS) is 18.0. The molecule has 1 heterocycles. The predicted molar refractivity (Wildman–Crippen MR) is 90.8 cm³/mol. The lowest BCUT2D eigenvalue weighted by Crippen LogP contribution is -2.27. The molecule has 2 atom stereocenters. The van der Waals surface area contributed by atoms with Gasteiger partial charge in [-0.15, -0.1) is 0 Å². The van der Waals surface area contributed by atoms with Crippen LogP contribution in [-0.4, -0.2) is 15.8 Å². The fraction of sp³-hybridized carbons (Fsp3) is 0.368. The van der Waals surface area contributed by atoms with E-state index in [1.54, 1.807) is 0 Å². The summed E-state index contributed by atoms with van der Waals surface area (Å²) in [6, 6.07) is 14.6. The van der Waals surface area contributed by atoms with Crippen molar-refractivity contribution in [2.24, 2.45) is 11.7 Å². The van der Waals surface area contributed by atoms with Gasteiger partial charge in [-0.05, 0) is 49.4 Å². The Morgan fingerprint density at radius 3 is 2.59 bits per heavy atom. The molecule has 2 aromatic carbocycles. The Bertz CT molecular complexity index is 832.